The molecule has 2 heterocycles. The molecule has 0 fully saturated rings. The molecule has 96 valence electrons. The van der Waals surface area contributed by atoms with Gasteiger partial charge in [0.05, 0.1) is 18.8 Å². The van der Waals surface area contributed by atoms with E-state index in [1.54, 1.807) is 29.8 Å². The zero-order valence-corrected chi connectivity index (χ0v) is 10.3. The lowest BCUT2D eigenvalue weighted by Gasteiger charge is -2.03. The van der Waals surface area contributed by atoms with Gasteiger partial charge in [0.25, 0.3) is 0 Å². The largest absolute Gasteiger partial charge is 0.495 e. The minimum absolute atomic E-state index is 0.0729. The Bertz CT molecular complexity index is 577. The zero-order chi connectivity index (χ0) is 13.1. The van der Waals surface area contributed by atoms with Gasteiger partial charge >= 0.3 is 5.97 Å². The Hall–Kier alpha value is -2.08. The van der Waals surface area contributed by atoms with E-state index in [0.717, 1.165) is 6.54 Å². The van der Waals surface area contributed by atoms with Crippen molar-refractivity contribution >= 4 is 11.5 Å². The monoisotopic (exact) mass is 249 g/mol. The first-order valence-electron chi connectivity index (χ1n) is 5.60. The summed E-state index contributed by atoms with van der Waals surface area (Å²) >= 11 is 0. The SMILES string of the molecule is CNCCc1nc(C(=O)O)c2ccc(OC)cn12. The number of imidazole rings is 1. The summed E-state index contributed by atoms with van der Waals surface area (Å²) in [6, 6.07) is 3.43. The van der Waals surface area contributed by atoms with Crippen LogP contribution in [0.5, 0.6) is 5.75 Å². The van der Waals surface area contributed by atoms with Gasteiger partial charge in [-0.2, -0.15) is 0 Å². The lowest BCUT2D eigenvalue weighted by atomic mass is 10.3. The van der Waals surface area contributed by atoms with Crippen LogP contribution < -0.4 is 10.1 Å². The average Bonchev–Trinajstić information content (AvgIpc) is 2.74. The van der Waals surface area contributed by atoms with Crippen molar-refractivity contribution in [3.05, 3.63) is 29.8 Å². The number of rotatable bonds is 5. The highest BCUT2D eigenvalue weighted by Gasteiger charge is 2.16. The molecule has 0 radical (unpaired) electrons. The number of fused-ring (bicyclic) bond motifs is 1. The van der Waals surface area contributed by atoms with Gasteiger partial charge in [-0.25, -0.2) is 9.78 Å². The maximum Gasteiger partial charge on any atom is 0.356 e. The number of ether oxygens (including phenoxy) is 1. The molecular formula is C12H15N3O3. The Labute approximate surface area is 104 Å². The quantitative estimate of drug-likeness (QED) is 0.819. The second kappa shape index (κ2) is 5.05. The molecule has 0 aliphatic heterocycles. The number of likely N-dealkylation sites (N-methyl/N-ethyl adjacent to an activating group) is 1. The first-order chi connectivity index (χ1) is 8.67. The van der Waals surface area contributed by atoms with E-state index in [9.17, 15) is 4.79 Å². The van der Waals surface area contributed by atoms with Crippen LogP contribution in [0.4, 0.5) is 0 Å². The topological polar surface area (TPSA) is 75.9 Å². The number of carboxylic acids is 1. The van der Waals surface area contributed by atoms with Crippen molar-refractivity contribution in [3.63, 3.8) is 0 Å². The normalized spacial score (nSPS) is 10.8. The molecule has 0 bridgehead atoms. The third-order valence-corrected chi connectivity index (χ3v) is 2.72. The number of hydrogen-bond acceptors (Lipinski definition) is 4. The smallest absolute Gasteiger partial charge is 0.356 e. The number of pyridine rings is 1. The van der Waals surface area contributed by atoms with E-state index in [1.165, 1.54) is 0 Å². The summed E-state index contributed by atoms with van der Waals surface area (Å²) in [4.78, 5) is 15.3. The Kier molecular flexibility index (Phi) is 3.47. The minimum Gasteiger partial charge on any atom is -0.495 e. The van der Waals surface area contributed by atoms with Gasteiger partial charge in [-0.3, -0.25) is 4.40 Å². The molecule has 0 unspecified atom stereocenters. The molecule has 2 N–H and O–H groups in total. The Morgan fingerprint density at radius 2 is 2.33 bits per heavy atom. The highest BCUT2D eigenvalue weighted by atomic mass is 16.5. The third-order valence-electron chi connectivity index (χ3n) is 2.72. The van der Waals surface area contributed by atoms with E-state index in [0.29, 0.717) is 23.5 Å². The molecule has 0 aliphatic rings. The number of hydrogen-bond donors (Lipinski definition) is 2. The molecule has 0 spiro atoms. The van der Waals surface area contributed by atoms with Crippen LogP contribution in [0.1, 0.15) is 16.3 Å². The molecule has 0 saturated carbocycles. The molecule has 6 nitrogen and oxygen atoms in total. The molecule has 2 aromatic heterocycles. The summed E-state index contributed by atoms with van der Waals surface area (Å²) in [5, 5.41) is 12.1. The van der Waals surface area contributed by atoms with Gasteiger partial charge in [0.15, 0.2) is 5.69 Å². The van der Waals surface area contributed by atoms with Crippen LogP contribution in [0.3, 0.4) is 0 Å². The van der Waals surface area contributed by atoms with Crippen molar-refractivity contribution in [3.8, 4) is 5.75 Å². The van der Waals surface area contributed by atoms with Gasteiger partial charge in [-0.05, 0) is 19.2 Å². The third kappa shape index (κ3) is 2.14. The Morgan fingerprint density at radius 1 is 1.56 bits per heavy atom. The molecule has 2 aromatic rings. The number of carbonyl (C=O) groups is 1. The summed E-state index contributed by atoms with van der Waals surface area (Å²) < 4.78 is 6.90. The van der Waals surface area contributed by atoms with Gasteiger partial charge in [-0.1, -0.05) is 0 Å². The van der Waals surface area contributed by atoms with E-state index in [-0.39, 0.29) is 5.69 Å². The predicted molar refractivity (Wildman–Crippen MR) is 66.3 cm³/mol. The highest BCUT2D eigenvalue weighted by molar-refractivity contribution is 5.93. The first-order valence-corrected chi connectivity index (χ1v) is 5.60. The van der Waals surface area contributed by atoms with Gasteiger partial charge in [0, 0.05) is 13.0 Å². The van der Waals surface area contributed by atoms with Gasteiger partial charge in [0.2, 0.25) is 0 Å². The fourth-order valence-corrected chi connectivity index (χ4v) is 1.82. The number of aromatic carboxylic acids is 1. The molecular weight excluding hydrogens is 234 g/mol. The number of nitrogens with one attached hydrogen (secondary N) is 1. The fourth-order valence-electron chi connectivity index (χ4n) is 1.82. The minimum atomic E-state index is -1.02. The molecule has 0 aromatic carbocycles. The fraction of sp³-hybridized carbons (Fsp3) is 0.333. The average molecular weight is 249 g/mol. The van der Waals surface area contributed by atoms with Crippen molar-refractivity contribution < 1.29 is 14.6 Å². The standard InChI is InChI=1S/C12H15N3O3/c1-13-6-5-10-14-11(12(16)17)9-4-3-8(18-2)7-15(9)10/h3-4,7,13H,5-6H2,1-2H3,(H,16,17). The molecule has 0 aliphatic carbocycles. The zero-order valence-electron chi connectivity index (χ0n) is 10.3. The molecule has 0 amide bonds. The van der Waals surface area contributed by atoms with Crippen LogP contribution in [0.2, 0.25) is 0 Å². The van der Waals surface area contributed by atoms with E-state index < -0.39 is 5.97 Å². The summed E-state index contributed by atoms with van der Waals surface area (Å²) in [6.07, 6.45) is 2.40. The van der Waals surface area contributed by atoms with Crippen molar-refractivity contribution in [1.82, 2.24) is 14.7 Å². The van der Waals surface area contributed by atoms with Crippen molar-refractivity contribution in [2.75, 3.05) is 20.7 Å². The summed E-state index contributed by atoms with van der Waals surface area (Å²) in [6.45, 7) is 0.732. The van der Waals surface area contributed by atoms with Crippen LogP contribution >= 0.6 is 0 Å². The number of methoxy groups -OCH3 is 1. The first kappa shape index (κ1) is 12.4. The second-order valence-corrected chi connectivity index (χ2v) is 3.86. The van der Waals surface area contributed by atoms with E-state index >= 15 is 0 Å². The number of nitrogens with zero attached hydrogens (tertiary/aromatic N) is 2. The molecule has 2 rings (SSSR count). The number of carboxylic acid groups (broad SMARTS) is 1. The van der Waals surface area contributed by atoms with Gasteiger partial charge in [0.1, 0.15) is 11.6 Å². The lowest BCUT2D eigenvalue weighted by Crippen LogP contribution is -2.12. The molecule has 0 saturated heterocycles. The van der Waals surface area contributed by atoms with Crippen molar-refractivity contribution in [1.29, 1.82) is 0 Å². The highest BCUT2D eigenvalue weighted by Crippen LogP contribution is 2.18. The van der Waals surface area contributed by atoms with Crippen LogP contribution in [0, 0.1) is 0 Å². The van der Waals surface area contributed by atoms with E-state index in [4.69, 9.17) is 9.84 Å². The van der Waals surface area contributed by atoms with Crippen molar-refractivity contribution in [2.45, 2.75) is 6.42 Å². The Balaban J connectivity index is 2.57. The summed E-state index contributed by atoms with van der Waals surface area (Å²) in [5.41, 5.74) is 0.651. The van der Waals surface area contributed by atoms with Gasteiger partial charge < -0.3 is 15.2 Å². The Morgan fingerprint density at radius 3 is 2.94 bits per heavy atom. The van der Waals surface area contributed by atoms with Crippen LogP contribution in [-0.4, -0.2) is 41.2 Å². The maximum absolute atomic E-state index is 11.1. The van der Waals surface area contributed by atoms with Crippen molar-refractivity contribution in [2.24, 2.45) is 0 Å². The van der Waals surface area contributed by atoms with Gasteiger partial charge in [-0.15, -0.1) is 0 Å². The van der Waals surface area contributed by atoms with Crippen LogP contribution in [-0.2, 0) is 6.42 Å². The number of aromatic nitrogens is 2. The van der Waals surface area contributed by atoms with Crippen LogP contribution in [0.25, 0.3) is 5.52 Å². The molecule has 0 atom stereocenters. The molecule has 18 heavy (non-hydrogen) atoms. The summed E-state index contributed by atoms with van der Waals surface area (Å²) in [5.74, 6) is 0.353. The van der Waals surface area contributed by atoms with E-state index in [2.05, 4.69) is 10.3 Å². The second-order valence-electron chi connectivity index (χ2n) is 3.86. The van der Waals surface area contributed by atoms with E-state index in [1.807, 2.05) is 7.05 Å². The predicted octanol–water partition coefficient (Wildman–Crippen LogP) is 0.803. The lowest BCUT2D eigenvalue weighted by molar-refractivity contribution is 0.0693. The maximum atomic E-state index is 11.1. The molecule has 6 heteroatoms. The van der Waals surface area contributed by atoms with Crippen LogP contribution in [0.15, 0.2) is 18.3 Å². The summed E-state index contributed by atoms with van der Waals surface area (Å²) in [7, 11) is 3.41.